The van der Waals surface area contributed by atoms with Gasteiger partial charge in [0.2, 0.25) is 0 Å². The standard InChI is InChI=1S/C62H99NO7/c1-6-8-10-12-14-16-18-20-22-24-26-28-30-32-34-36-38-40-42-44-46-48-50-52-60(64)69-57-58(56-68-55-54-59(62(66)67)63(3,4)5)70-61(65)53-51-49-47-45-43-41-39-37-35-33-31-29-27-25-23-21-19-17-15-13-11-9-7-2/h8-11,14-17,20-23,26-29,33,35,39,41,45,47,58-59H,6-7,12-13,18-19,24-25,30-32,34,36-38,40,42-44,46,48-57H2,1-5H3/b10-8+,11-9+,16-14+,17-15+,22-20+,23-21+,28-26+,29-27+,35-33+,41-39+,47-45+. The van der Waals surface area contributed by atoms with Crippen LogP contribution in [0.4, 0.5) is 0 Å². The van der Waals surface area contributed by atoms with Crippen LogP contribution in [-0.4, -0.2) is 75.5 Å². The molecule has 0 aromatic carbocycles. The SMILES string of the molecule is CC/C=C/C/C=C/C/C=C/C/C=C/C/C=C/C/C=C/C/C=C/CCCC(=O)OC(COCCC(C(=O)[O-])[N+](C)(C)C)COC(=O)CCCCCCCCCCCC/C=C/C/C=C/C/C=C/C/C=C/CC. The molecule has 0 aliphatic rings. The van der Waals surface area contributed by atoms with Crippen molar-refractivity contribution in [3.05, 3.63) is 134 Å². The van der Waals surface area contributed by atoms with E-state index in [4.69, 9.17) is 14.2 Å². The van der Waals surface area contributed by atoms with Gasteiger partial charge in [0.05, 0.1) is 40.3 Å². The summed E-state index contributed by atoms with van der Waals surface area (Å²) < 4.78 is 17.2. The van der Waals surface area contributed by atoms with Crippen molar-refractivity contribution in [2.24, 2.45) is 0 Å². The molecule has 0 spiro atoms. The number of carbonyl (C=O) groups excluding carboxylic acids is 3. The highest BCUT2D eigenvalue weighted by molar-refractivity contribution is 5.70. The zero-order chi connectivity index (χ0) is 51.3. The summed E-state index contributed by atoms with van der Waals surface area (Å²) in [5.41, 5.74) is 0. The number of hydrogen-bond acceptors (Lipinski definition) is 7. The molecule has 0 amide bonds. The van der Waals surface area contributed by atoms with E-state index >= 15 is 0 Å². The van der Waals surface area contributed by atoms with Crippen molar-refractivity contribution in [3.63, 3.8) is 0 Å². The van der Waals surface area contributed by atoms with E-state index in [2.05, 4.69) is 148 Å². The third-order valence-corrected chi connectivity index (χ3v) is 11.3. The Morgan fingerprint density at radius 1 is 0.429 bits per heavy atom. The fourth-order valence-electron chi connectivity index (χ4n) is 7.17. The zero-order valence-corrected chi connectivity index (χ0v) is 44.9. The molecule has 0 saturated carbocycles. The van der Waals surface area contributed by atoms with Crippen LogP contribution < -0.4 is 5.11 Å². The number of allylic oxidation sites excluding steroid dienone is 22. The Bertz CT molecular complexity index is 1600. The highest BCUT2D eigenvalue weighted by Gasteiger charge is 2.25. The number of carboxylic acid groups (broad SMARTS) is 1. The van der Waals surface area contributed by atoms with Crippen molar-refractivity contribution < 1.29 is 38.2 Å². The number of carbonyl (C=O) groups is 3. The number of ether oxygens (including phenoxy) is 3. The van der Waals surface area contributed by atoms with Crippen LogP contribution >= 0.6 is 0 Å². The number of nitrogens with zero attached hydrogens (tertiary/aromatic N) is 1. The molecule has 0 radical (unpaired) electrons. The third kappa shape index (κ3) is 48.5. The molecule has 0 heterocycles. The lowest BCUT2D eigenvalue weighted by molar-refractivity contribution is -0.889. The highest BCUT2D eigenvalue weighted by atomic mass is 16.6. The van der Waals surface area contributed by atoms with E-state index in [0.717, 1.165) is 103 Å². The summed E-state index contributed by atoms with van der Waals surface area (Å²) in [6.45, 7) is 4.36. The van der Waals surface area contributed by atoms with Gasteiger partial charge in [-0.2, -0.15) is 0 Å². The summed E-state index contributed by atoms with van der Waals surface area (Å²) in [7, 11) is 5.38. The molecule has 0 aliphatic carbocycles. The van der Waals surface area contributed by atoms with E-state index < -0.39 is 18.1 Å². The van der Waals surface area contributed by atoms with Crippen LogP contribution in [0.1, 0.15) is 187 Å². The molecule has 394 valence electrons. The molecule has 0 aromatic heterocycles. The molecule has 2 unspecified atom stereocenters. The Morgan fingerprint density at radius 2 is 0.771 bits per heavy atom. The summed E-state index contributed by atoms with van der Waals surface area (Å²) in [6.07, 6.45) is 73.5. The molecule has 8 heteroatoms. The normalized spacial score (nSPS) is 13.9. The lowest BCUT2D eigenvalue weighted by Crippen LogP contribution is -2.55. The number of carboxylic acids is 1. The van der Waals surface area contributed by atoms with Crippen molar-refractivity contribution >= 4 is 17.9 Å². The van der Waals surface area contributed by atoms with Crippen molar-refractivity contribution in [1.82, 2.24) is 0 Å². The molecule has 0 bridgehead atoms. The number of hydrogen-bond donors (Lipinski definition) is 0. The third-order valence-electron chi connectivity index (χ3n) is 11.3. The van der Waals surface area contributed by atoms with Gasteiger partial charge in [-0.25, -0.2) is 0 Å². The van der Waals surface area contributed by atoms with Crippen LogP contribution in [0.2, 0.25) is 0 Å². The minimum absolute atomic E-state index is 0.00702. The van der Waals surface area contributed by atoms with Gasteiger partial charge in [-0.1, -0.05) is 199 Å². The Kier molecular flexibility index (Phi) is 47.6. The smallest absolute Gasteiger partial charge is 0.306 e. The predicted molar refractivity (Wildman–Crippen MR) is 295 cm³/mol. The Balaban J connectivity index is 4.35. The van der Waals surface area contributed by atoms with Crippen LogP contribution in [0.15, 0.2) is 134 Å². The van der Waals surface area contributed by atoms with E-state index in [0.29, 0.717) is 12.8 Å². The maximum Gasteiger partial charge on any atom is 0.306 e. The first kappa shape index (κ1) is 65.5. The maximum atomic E-state index is 12.8. The van der Waals surface area contributed by atoms with Gasteiger partial charge in [0.25, 0.3) is 0 Å². The predicted octanol–water partition coefficient (Wildman–Crippen LogP) is 15.0. The maximum absolute atomic E-state index is 12.8. The van der Waals surface area contributed by atoms with Crippen LogP contribution in [0.25, 0.3) is 0 Å². The molecule has 0 rings (SSSR count). The van der Waals surface area contributed by atoms with Gasteiger partial charge in [-0.05, 0) is 103 Å². The van der Waals surface area contributed by atoms with E-state index in [9.17, 15) is 19.5 Å². The van der Waals surface area contributed by atoms with Gasteiger partial charge in [-0.15, -0.1) is 0 Å². The van der Waals surface area contributed by atoms with Gasteiger partial charge in [0, 0.05) is 19.3 Å². The lowest BCUT2D eigenvalue weighted by Gasteiger charge is -2.34. The zero-order valence-electron chi connectivity index (χ0n) is 44.9. The topological polar surface area (TPSA) is 102 Å². The summed E-state index contributed by atoms with van der Waals surface area (Å²) in [5, 5.41) is 11.7. The second kappa shape index (κ2) is 50.8. The quantitative estimate of drug-likeness (QED) is 0.0259. The largest absolute Gasteiger partial charge is 0.544 e. The molecular formula is C62H99NO7. The molecular weight excluding hydrogens is 871 g/mol. The minimum atomic E-state index is -1.14. The van der Waals surface area contributed by atoms with Crippen molar-refractivity contribution in [3.8, 4) is 0 Å². The van der Waals surface area contributed by atoms with Crippen molar-refractivity contribution in [2.45, 2.75) is 199 Å². The van der Waals surface area contributed by atoms with Crippen molar-refractivity contribution in [1.29, 1.82) is 0 Å². The van der Waals surface area contributed by atoms with Crippen molar-refractivity contribution in [2.75, 3.05) is 41.0 Å². The molecule has 70 heavy (non-hydrogen) atoms. The molecule has 8 nitrogen and oxygen atoms in total. The Labute approximate surface area is 428 Å². The number of quaternary nitrogens is 1. The van der Waals surface area contributed by atoms with Crippen LogP contribution in [-0.2, 0) is 28.6 Å². The second-order valence-corrected chi connectivity index (χ2v) is 18.7. The van der Waals surface area contributed by atoms with Gasteiger partial charge in [0.15, 0.2) is 6.10 Å². The molecule has 2 atom stereocenters. The number of rotatable bonds is 47. The first-order chi connectivity index (χ1) is 34.1. The lowest BCUT2D eigenvalue weighted by atomic mass is 10.1. The first-order valence-electron chi connectivity index (χ1n) is 27.2. The Morgan fingerprint density at radius 3 is 1.16 bits per heavy atom. The van der Waals surface area contributed by atoms with Gasteiger partial charge >= 0.3 is 11.9 Å². The average Bonchev–Trinajstić information content (AvgIpc) is 3.33. The second-order valence-electron chi connectivity index (χ2n) is 18.7. The van der Waals surface area contributed by atoms with Crippen LogP contribution in [0, 0.1) is 0 Å². The summed E-state index contributed by atoms with van der Waals surface area (Å²) in [4.78, 5) is 37.1. The molecule has 0 aliphatic heterocycles. The fourth-order valence-corrected chi connectivity index (χ4v) is 7.17. The van der Waals surface area contributed by atoms with Gasteiger partial charge in [0.1, 0.15) is 12.6 Å². The molecule has 0 fully saturated rings. The van der Waals surface area contributed by atoms with Crippen LogP contribution in [0.3, 0.4) is 0 Å². The van der Waals surface area contributed by atoms with Gasteiger partial charge < -0.3 is 28.6 Å². The molecule has 0 saturated heterocycles. The highest BCUT2D eigenvalue weighted by Crippen LogP contribution is 2.14. The monoisotopic (exact) mass is 970 g/mol. The number of likely N-dealkylation sites (N-methyl/N-ethyl adjacent to an activating group) is 1. The van der Waals surface area contributed by atoms with E-state index in [1.165, 1.54) is 44.9 Å². The van der Waals surface area contributed by atoms with E-state index in [-0.39, 0.29) is 49.1 Å². The van der Waals surface area contributed by atoms with Gasteiger partial charge in [-0.3, -0.25) is 9.59 Å². The molecule has 0 N–H and O–H groups in total. The van der Waals surface area contributed by atoms with E-state index in [1.807, 2.05) is 0 Å². The number of unbranched alkanes of at least 4 members (excludes halogenated alkanes) is 11. The minimum Gasteiger partial charge on any atom is -0.544 e. The van der Waals surface area contributed by atoms with E-state index in [1.54, 1.807) is 21.1 Å². The Hall–Kier alpha value is -4.53. The number of esters is 2. The molecule has 0 aromatic rings. The summed E-state index contributed by atoms with van der Waals surface area (Å²) in [6, 6.07) is -0.747. The summed E-state index contributed by atoms with van der Waals surface area (Å²) in [5.74, 6) is -1.83. The first-order valence-corrected chi connectivity index (χ1v) is 27.2. The average molecular weight is 970 g/mol. The van der Waals surface area contributed by atoms with Crippen LogP contribution in [0.5, 0.6) is 0 Å². The summed E-state index contributed by atoms with van der Waals surface area (Å²) >= 11 is 0. The number of aliphatic carboxylic acids is 1. The fraction of sp³-hybridized carbons (Fsp3) is 0.597.